The standard InChI is InChI=1S/C24H27N3O4/c1-4-27-23(28)21(17-10-11-19(30-2)20(16-17)31-3)22(24(27)29)26-14-12-25(13-15-26)18-8-6-5-7-9-18/h5-11,16H,4,12-15H2,1-3H3. The molecule has 0 aromatic heterocycles. The summed E-state index contributed by atoms with van der Waals surface area (Å²) in [5, 5.41) is 0. The lowest BCUT2D eigenvalue weighted by atomic mass is 10.0. The van der Waals surface area contributed by atoms with Gasteiger partial charge in [-0.25, -0.2) is 0 Å². The highest BCUT2D eigenvalue weighted by Crippen LogP contribution is 2.36. The molecule has 0 spiro atoms. The number of para-hydroxylation sites is 1. The van der Waals surface area contributed by atoms with E-state index in [-0.39, 0.29) is 11.8 Å². The molecule has 2 aromatic rings. The van der Waals surface area contributed by atoms with Gasteiger partial charge in [0.1, 0.15) is 5.70 Å². The predicted octanol–water partition coefficient (Wildman–Crippen LogP) is 2.63. The zero-order valence-electron chi connectivity index (χ0n) is 18.1. The number of carbonyl (C=O) groups excluding carboxylic acids is 2. The van der Waals surface area contributed by atoms with Crippen LogP contribution in [0.4, 0.5) is 5.69 Å². The normalized spacial score (nSPS) is 16.9. The second kappa shape index (κ2) is 8.71. The second-order valence-corrected chi connectivity index (χ2v) is 7.46. The van der Waals surface area contributed by atoms with Gasteiger partial charge in [-0.2, -0.15) is 0 Å². The van der Waals surface area contributed by atoms with Gasteiger partial charge in [0, 0.05) is 38.4 Å². The Morgan fingerprint density at radius 3 is 2.06 bits per heavy atom. The number of hydrogen-bond acceptors (Lipinski definition) is 6. The number of ether oxygens (including phenoxy) is 2. The fourth-order valence-corrected chi connectivity index (χ4v) is 4.22. The number of piperazine rings is 1. The average Bonchev–Trinajstić information content (AvgIpc) is 3.08. The minimum absolute atomic E-state index is 0.231. The fraction of sp³-hybridized carbons (Fsp3) is 0.333. The van der Waals surface area contributed by atoms with Crippen LogP contribution in [0.15, 0.2) is 54.2 Å². The van der Waals surface area contributed by atoms with Crippen molar-refractivity contribution in [3.8, 4) is 11.5 Å². The van der Waals surface area contributed by atoms with Crippen LogP contribution in [0.1, 0.15) is 12.5 Å². The van der Waals surface area contributed by atoms with Crippen LogP contribution in [-0.4, -0.2) is 68.6 Å². The zero-order valence-corrected chi connectivity index (χ0v) is 18.1. The van der Waals surface area contributed by atoms with E-state index in [1.807, 2.05) is 30.0 Å². The van der Waals surface area contributed by atoms with E-state index >= 15 is 0 Å². The van der Waals surface area contributed by atoms with Crippen molar-refractivity contribution in [2.45, 2.75) is 6.92 Å². The van der Waals surface area contributed by atoms with Gasteiger partial charge in [0.25, 0.3) is 11.8 Å². The molecule has 0 unspecified atom stereocenters. The molecule has 162 valence electrons. The van der Waals surface area contributed by atoms with Crippen LogP contribution in [0, 0.1) is 0 Å². The predicted molar refractivity (Wildman–Crippen MR) is 119 cm³/mol. The monoisotopic (exact) mass is 421 g/mol. The number of carbonyl (C=O) groups is 2. The van der Waals surface area contributed by atoms with Gasteiger partial charge in [0.05, 0.1) is 19.8 Å². The van der Waals surface area contributed by atoms with Gasteiger partial charge in [-0.05, 0) is 36.8 Å². The van der Waals surface area contributed by atoms with Crippen LogP contribution in [0.5, 0.6) is 11.5 Å². The average molecular weight is 421 g/mol. The van der Waals surface area contributed by atoms with Crippen LogP contribution in [-0.2, 0) is 9.59 Å². The molecule has 4 rings (SSSR count). The molecule has 1 fully saturated rings. The van der Waals surface area contributed by atoms with Crippen molar-refractivity contribution in [1.29, 1.82) is 0 Å². The van der Waals surface area contributed by atoms with Crippen molar-refractivity contribution in [3.05, 3.63) is 59.8 Å². The first-order chi connectivity index (χ1) is 15.1. The molecular weight excluding hydrogens is 394 g/mol. The number of rotatable bonds is 6. The lowest BCUT2D eigenvalue weighted by molar-refractivity contribution is -0.137. The maximum Gasteiger partial charge on any atom is 0.277 e. The third-order valence-corrected chi connectivity index (χ3v) is 5.85. The minimum atomic E-state index is -0.264. The summed E-state index contributed by atoms with van der Waals surface area (Å²) in [6.45, 7) is 5.04. The van der Waals surface area contributed by atoms with E-state index in [1.165, 1.54) is 10.6 Å². The molecule has 7 heteroatoms. The van der Waals surface area contributed by atoms with Crippen LogP contribution in [0.3, 0.4) is 0 Å². The van der Waals surface area contributed by atoms with Crippen LogP contribution in [0.2, 0.25) is 0 Å². The number of benzene rings is 2. The largest absolute Gasteiger partial charge is 0.493 e. The molecule has 2 aliphatic heterocycles. The Kier molecular flexibility index (Phi) is 5.84. The Balaban J connectivity index is 1.68. The van der Waals surface area contributed by atoms with Gasteiger partial charge >= 0.3 is 0 Å². The van der Waals surface area contributed by atoms with E-state index < -0.39 is 0 Å². The molecule has 2 heterocycles. The molecule has 0 N–H and O–H groups in total. The van der Waals surface area contributed by atoms with Gasteiger partial charge in [-0.3, -0.25) is 14.5 Å². The molecule has 0 saturated carbocycles. The maximum absolute atomic E-state index is 13.2. The van der Waals surface area contributed by atoms with Crippen molar-refractivity contribution >= 4 is 23.1 Å². The summed E-state index contributed by atoms with van der Waals surface area (Å²) in [5.41, 5.74) is 2.74. The van der Waals surface area contributed by atoms with Gasteiger partial charge in [0.2, 0.25) is 0 Å². The Morgan fingerprint density at radius 2 is 1.45 bits per heavy atom. The summed E-state index contributed by atoms with van der Waals surface area (Å²) in [5.74, 6) is 0.607. The van der Waals surface area contributed by atoms with Crippen LogP contribution >= 0.6 is 0 Å². The fourth-order valence-electron chi connectivity index (χ4n) is 4.22. The number of likely N-dealkylation sites (N-methyl/N-ethyl adjacent to an activating group) is 1. The third-order valence-electron chi connectivity index (χ3n) is 5.85. The highest BCUT2D eigenvalue weighted by Gasteiger charge is 2.41. The van der Waals surface area contributed by atoms with E-state index in [0.717, 1.165) is 13.1 Å². The number of hydrogen-bond donors (Lipinski definition) is 0. The van der Waals surface area contributed by atoms with Gasteiger partial charge in [0.15, 0.2) is 11.5 Å². The molecule has 2 aromatic carbocycles. The quantitative estimate of drug-likeness (QED) is 0.669. The number of nitrogens with zero attached hydrogens (tertiary/aromatic N) is 3. The van der Waals surface area contributed by atoms with Gasteiger partial charge < -0.3 is 19.3 Å². The molecule has 1 saturated heterocycles. The number of imide groups is 1. The first kappa shape index (κ1) is 20.8. The Bertz CT molecular complexity index is 1010. The van der Waals surface area contributed by atoms with E-state index in [0.29, 0.717) is 48.0 Å². The van der Waals surface area contributed by atoms with Gasteiger partial charge in [-0.15, -0.1) is 0 Å². The first-order valence-corrected chi connectivity index (χ1v) is 10.5. The third kappa shape index (κ3) is 3.71. The summed E-state index contributed by atoms with van der Waals surface area (Å²) in [6, 6.07) is 15.6. The molecule has 0 aliphatic carbocycles. The number of methoxy groups -OCH3 is 2. The summed E-state index contributed by atoms with van der Waals surface area (Å²) in [6.07, 6.45) is 0. The summed E-state index contributed by atoms with van der Waals surface area (Å²) >= 11 is 0. The molecule has 0 radical (unpaired) electrons. The van der Waals surface area contributed by atoms with E-state index in [1.54, 1.807) is 32.4 Å². The SMILES string of the molecule is CCN1C(=O)C(c2ccc(OC)c(OC)c2)=C(N2CCN(c3ccccc3)CC2)C1=O. The first-order valence-electron chi connectivity index (χ1n) is 10.5. The van der Waals surface area contributed by atoms with Crippen molar-refractivity contribution in [2.24, 2.45) is 0 Å². The van der Waals surface area contributed by atoms with Gasteiger partial charge in [-0.1, -0.05) is 24.3 Å². The second-order valence-electron chi connectivity index (χ2n) is 7.46. The molecule has 2 aliphatic rings. The highest BCUT2D eigenvalue weighted by molar-refractivity contribution is 6.35. The molecule has 31 heavy (non-hydrogen) atoms. The van der Waals surface area contributed by atoms with Crippen LogP contribution < -0.4 is 14.4 Å². The molecule has 0 bridgehead atoms. The topological polar surface area (TPSA) is 62.3 Å². The van der Waals surface area contributed by atoms with Crippen molar-refractivity contribution < 1.29 is 19.1 Å². The van der Waals surface area contributed by atoms with Crippen molar-refractivity contribution in [1.82, 2.24) is 9.80 Å². The summed E-state index contributed by atoms with van der Waals surface area (Å²) in [4.78, 5) is 32.0. The Hall–Kier alpha value is -3.48. The van der Waals surface area contributed by atoms with Crippen LogP contribution in [0.25, 0.3) is 5.57 Å². The lowest BCUT2D eigenvalue weighted by Gasteiger charge is -2.37. The van der Waals surface area contributed by atoms with E-state index in [2.05, 4.69) is 17.0 Å². The van der Waals surface area contributed by atoms with Crippen molar-refractivity contribution in [3.63, 3.8) is 0 Å². The van der Waals surface area contributed by atoms with E-state index in [4.69, 9.17) is 9.47 Å². The Morgan fingerprint density at radius 1 is 0.806 bits per heavy atom. The molecular formula is C24H27N3O4. The molecule has 7 nitrogen and oxygen atoms in total. The maximum atomic E-state index is 13.2. The minimum Gasteiger partial charge on any atom is -0.493 e. The highest BCUT2D eigenvalue weighted by atomic mass is 16.5. The van der Waals surface area contributed by atoms with Crippen molar-refractivity contribution in [2.75, 3.05) is 51.8 Å². The lowest BCUT2D eigenvalue weighted by Crippen LogP contribution is -2.47. The number of amides is 2. The zero-order chi connectivity index (χ0) is 22.0. The summed E-state index contributed by atoms with van der Waals surface area (Å²) in [7, 11) is 3.12. The summed E-state index contributed by atoms with van der Waals surface area (Å²) < 4.78 is 10.7. The Labute approximate surface area is 182 Å². The molecule has 2 amide bonds. The van der Waals surface area contributed by atoms with E-state index in [9.17, 15) is 9.59 Å². The molecule has 0 atom stereocenters. The smallest absolute Gasteiger partial charge is 0.277 e. The number of anilines is 1.